The molecule has 0 bridgehead atoms. The summed E-state index contributed by atoms with van der Waals surface area (Å²) in [5.41, 5.74) is 0.386. The molecule has 0 aliphatic heterocycles. The molecule has 0 unspecified atom stereocenters. The summed E-state index contributed by atoms with van der Waals surface area (Å²) in [6.45, 7) is 12.5. The molecule has 0 aromatic carbocycles. The van der Waals surface area contributed by atoms with Crippen LogP contribution in [0.5, 0.6) is 0 Å². The van der Waals surface area contributed by atoms with Gasteiger partial charge in [-0.25, -0.2) is 4.79 Å². The van der Waals surface area contributed by atoms with Crippen LogP contribution in [-0.2, 0) is 22.8 Å². The van der Waals surface area contributed by atoms with Crippen LogP contribution in [0.4, 0.5) is 0 Å². The molecule has 0 aromatic heterocycles. The first-order valence-corrected chi connectivity index (χ1v) is 10.00. The molecule has 1 rings (SSSR count). The third-order valence-electron chi connectivity index (χ3n) is 3.86. The fraction of sp³-hybridized carbons (Fsp3) is 0.812. The second kappa shape index (κ2) is 8.81. The van der Waals surface area contributed by atoms with E-state index in [1.807, 2.05) is 20.8 Å². The Bertz CT molecular complexity index is 360. The molecule has 1 fully saturated rings. The monoisotopic (exact) mass is 330 g/mol. The summed E-state index contributed by atoms with van der Waals surface area (Å²) in [5, 5.41) is -0.788. The molecule has 6 heteroatoms. The van der Waals surface area contributed by atoms with Crippen LogP contribution in [0.25, 0.3) is 0 Å². The SMILES string of the molecule is C=C(C)C(=O)OC1([Si](OCC)(OCC)OCC)CCCCC1. The molecule has 0 aromatic rings. The van der Waals surface area contributed by atoms with Gasteiger partial charge in [0.05, 0.1) is 0 Å². The van der Waals surface area contributed by atoms with Gasteiger partial charge in [-0.2, -0.15) is 0 Å². The predicted octanol–water partition coefficient (Wildman–Crippen LogP) is 3.40. The Morgan fingerprint density at radius 2 is 1.45 bits per heavy atom. The van der Waals surface area contributed by atoms with Crippen LogP contribution in [-0.4, -0.2) is 39.8 Å². The number of hydrogen-bond donors (Lipinski definition) is 0. The van der Waals surface area contributed by atoms with Gasteiger partial charge >= 0.3 is 14.8 Å². The molecule has 0 spiro atoms. The summed E-state index contributed by atoms with van der Waals surface area (Å²) in [6, 6.07) is 0. The molecule has 0 heterocycles. The van der Waals surface area contributed by atoms with Crippen molar-refractivity contribution in [1.29, 1.82) is 0 Å². The van der Waals surface area contributed by atoms with Crippen LogP contribution in [0, 0.1) is 0 Å². The number of carbonyl (C=O) groups is 1. The molecule has 1 aliphatic rings. The van der Waals surface area contributed by atoms with Gasteiger partial charge in [-0.3, -0.25) is 0 Å². The van der Waals surface area contributed by atoms with Crippen molar-refractivity contribution >= 4 is 14.8 Å². The van der Waals surface area contributed by atoms with Crippen molar-refractivity contribution in [3.05, 3.63) is 12.2 Å². The van der Waals surface area contributed by atoms with Crippen molar-refractivity contribution < 1.29 is 22.8 Å². The maximum absolute atomic E-state index is 12.2. The third kappa shape index (κ3) is 4.19. The predicted molar refractivity (Wildman–Crippen MR) is 87.4 cm³/mol. The van der Waals surface area contributed by atoms with Crippen molar-refractivity contribution in [2.24, 2.45) is 0 Å². The molecule has 0 saturated heterocycles. The molecular weight excluding hydrogens is 300 g/mol. The lowest BCUT2D eigenvalue weighted by molar-refractivity contribution is -0.158. The third-order valence-corrected chi connectivity index (χ3v) is 7.58. The van der Waals surface area contributed by atoms with Gasteiger partial charge in [0, 0.05) is 25.4 Å². The van der Waals surface area contributed by atoms with E-state index in [9.17, 15) is 4.79 Å². The second-order valence-electron chi connectivity index (χ2n) is 5.58. The lowest BCUT2D eigenvalue weighted by atomic mass is 9.97. The fourth-order valence-electron chi connectivity index (χ4n) is 2.95. The van der Waals surface area contributed by atoms with E-state index in [4.69, 9.17) is 18.0 Å². The number of hydrogen-bond acceptors (Lipinski definition) is 5. The molecule has 1 aliphatic carbocycles. The normalized spacial score (nSPS) is 18.0. The smallest absolute Gasteiger partial charge is 0.451 e. The lowest BCUT2D eigenvalue weighted by Crippen LogP contribution is -2.67. The topological polar surface area (TPSA) is 54.0 Å². The van der Waals surface area contributed by atoms with Crippen LogP contribution in [0.1, 0.15) is 59.8 Å². The lowest BCUT2D eigenvalue weighted by Gasteiger charge is -2.46. The van der Waals surface area contributed by atoms with E-state index in [2.05, 4.69) is 6.58 Å². The number of rotatable bonds is 9. The van der Waals surface area contributed by atoms with Gasteiger partial charge in [0.2, 0.25) is 0 Å². The van der Waals surface area contributed by atoms with Crippen LogP contribution in [0.15, 0.2) is 12.2 Å². The molecule has 1 saturated carbocycles. The summed E-state index contributed by atoms with van der Waals surface area (Å²) < 4.78 is 24.0. The van der Waals surface area contributed by atoms with E-state index < -0.39 is 20.0 Å². The maximum Gasteiger partial charge on any atom is 0.547 e. The van der Waals surface area contributed by atoms with Crippen molar-refractivity contribution in [2.45, 2.75) is 65.0 Å². The van der Waals surface area contributed by atoms with Crippen LogP contribution in [0.3, 0.4) is 0 Å². The molecule has 22 heavy (non-hydrogen) atoms. The van der Waals surface area contributed by atoms with E-state index in [1.54, 1.807) is 6.92 Å². The van der Waals surface area contributed by atoms with Crippen molar-refractivity contribution in [3.63, 3.8) is 0 Å². The van der Waals surface area contributed by atoms with Gasteiger partial charge in [-0.05, 0) is 53.4 Å². The molecule has 0 amide bonds. The highest BCUT2D eigenvalue weighted by Crippen LogP contribution is 2.41. The zero-order valence-electron chi connectivity index (χ0n) is 14.4. The fourth-order valence-corrected chi connectivity index (χ4v) is 6.31. The zero-order valence-corrected chi connectivity index (χ0v) is 15.4. The van der Waals surface area contributed by atoms with Gasteiger partial charge in [0.1, 0.15) is 0 Å². The highest BCUT2D eigenvalue weighted by molar-refractivity contribution is 6.64. The van der Waals surface area contributed by atoms with E-state index in [0.717, 1.165) is 32.1 Å². The van der Waals surface area contributed by atoms with E-state index >= 15 is 0 Å². The average Bonchev–Trinajstić information content (AvgIpc) is 2.48. The molecule has 0 radical (unpaired) electrons. The molecule has 0 atom stereocenters. The van der Waals surface area contributed by atoms with Gasteiger partial charge in [0.25, 0.3) is 0 Å². The highest BCUT2D eigenvalue weighted by atomic mass is 28.4. The summed E-state index contributed by atoms with van der Waals surface area (Å²) in [6.07, 6.45) is 4.52. The minimum Gasteiger partial charge on any atom is -0.451 e. The van der Waals surface area contributed by atoms with E-state index in [-0.39, 0.29) is 0 Å². The number of carbonyl (C=O) groups excluding carboxylic acids is 1. The van der Waals surface area contributed by atoms with Gasteiger partial charge in [-0.15, -0.1) is 0 Å². The number of esters is 1. The Morgan fingerprint density at radius 1 is 1.00 bits per heavy atom. The van der Waals surface area contributed by atoms with Crippen LogP contribution in [0.2, 0.25) is 0 Å². The summed E-state index contributed by atoms with van der Waals surface area (Å²) in [4.78, 5) is 12.2. The summed E-state index contributed by atoms with van der Waals surface area (Å²) in [5.74, 6) is -0.391. The van der Waals surface area contributed by atoms with Gasteiger partial charge < -0.3 is 18.0 Å². The molecule has 0 N–H and O–H groups in total. The minimum absolute atomic E-state index is 0.386. The zero-order chi connectivity index (χ0) is 16.6. The first-order valence-electron chi connectivity index (χ1n) is 8.27. The highest BCUT2D eigenvalue weighted by Gasteiger charge is 2.64. The maximum atomic E-state index is 12.2. The quantitative estimate of drug-likeness (QED) is 0.368. The molecule has 128 valence electrons. The van der Waals surface area contributed by atoms with Gasteiger partial charge in [0.15, 0.2) is 5.22 Å². The first-order chi connectivity index (χ1) is 10.5. The Labute approximate surface area is 135 Å². The Balaban J connectivity index is 3.22. The van der Waals surface area contributed by atoms with Crippen molar-refractivity contribution in [3.8, 4) is 0 Å². The van der Waals surface area contributed by atoms with Crippen LogP contribution < -0.4 is 0 Å². The first kappa shape index (κ1) is 19.4. The Hall–Kier alpha value is -0.693. The van der Waals surface area contributed by atoms with Crippen molar-refractivity contribution in [2.75, 3.05) is 19.8 Å². The second-order valence-corrected chi connectivity index (χ2v) is 8.47. The average molecular weight is 330 g/mol. The standard InChI is InChI=1S/C16H30O5Si/c1-6-18-22(19-7-2,20-8-3)16(12-10-9-11-13-16)21-15(17)14(4)5/h4,6-13H2,1-3,5H3. The van der Waals surface area contributed by atoms with E-state index in [0.29, 0.717) is 25.4 Å². The summed E-state index contributed by atoms with van der Waals surface area (Å²) >= 11 is 0. The molecular formula is C16H30O5Si. The van der Waals surface area contributed by atoms with Gasteiger partial charge in [-0.1, -0.05) is 13.0 Å². The van der Waals surface area contributed by atoms with Crippen LogP contribution >= 0.6 is 0 Å². The minimum atomic E-state index is -3.14. The Kier molecular flexibility index (Phi) is 7.75. The largest absolute Gasteiger partial charge is 0.547 e. The summed E-state index contributed by atoms with van der Waals surface area (Å²) in [7, 11) is -3.14. The Morgan fingerprint density at radius 3 is 1.82 bits per heavy atom. The number of ether oxygens (including phenoxy) is 1. The van der Waals surface area contributed by atoms with Crippen molar-refractivity contribution in [1.82, 2.24) is 0 Å². The van der Waals surface area contributed by atoms with E-state index in [1.165, 1.54) is 0 Å². The molecule has 5 nitrogen and oxygen atoms in total.